The number of rotatable bonds is 6. The van der Waals surface area contributed by atoms with Gasteiger partial charge in [-0.1, -0.05) is 12.2 Å². The number of hydrogen-bond donors (Lipinski definition) is 0. The summed E-state index contributed by atoms with van der Waals surface area (Å²) in [7, 11) is 0. The molecule has 6 nitrogen and oxygen atoms in total. The number of carbonyl (C=O) groups is 1. The Morgan fingerprint density at radius 3 is 2.52 bits per heavy atom. The predicted molar refractivity (Wildman–Crippen MR) is 93.1 cm³/mol. The van der Waals surface area contributed by atoms with Gasteiger partial charge in [0.05, 0.1) is 16.4 Å². The van der Waals surface area contributed by atoms with Crippen LogP contribution in [0.25, 0.3) is 6.08 Å². The minimum Gasteiger partial charge on any atom is -0.283 e. The second-order valence-corrected chi connectivity index (χ2v) is 5.58. The fraction of sp³-hybridized carbons (Fsp3) is 0.125. The Hall–Kier alpha value is -2.67. The summed E-state index contributed by atoms with van der Waals surface area (Å²) in [6.07, 6.45) is 4.99. The molecule has 0 spiro atoms. The lowest BCUT2D eigenvalue weighted by Gasteiger charge is -2.12. The zero-order chi connectivity index (χ0) is 16.8. The summed E-state index contributed by atoms with van der Waals surface area (Å²) in [6.45, 7) is 8.06. The predicted octanol–water partition coefficient (Wildman–Crippen LogP) is 3.24. The highest BCUT2D eigenvalue weighted by Gasteiger charge is 2.32. The molecule has 23 heavy (non-hydrogen) atoms. The molecule has 1 fully saturated rings. The Labute approximate surface area is 138 Å². The van der Waals surface area contributed by atoms with Crippen LogP contribution in [0.5, 0.6) is 0 Å². The summed E-state index contributed by atoms with van der Waals surface area (Å²) in [5, 5.41) is 11.3. The van der Waals surface area contributed by atoms with Gasteiger partial charge in [-0.2, -0.15) is 0 Å². The smallest absolute Gasteiger partial charge is 0.269 e. The molecule has 0 N–H and O–H groups in total. The monoisotopic (exact) mass is 329 g/mol. The molecule has 1 amide bonds. The molecular formula is C16H15N3O3S. The third kappa shape index (κ3) is 3.95. The summed E-state index contributed by atoms with van der Waals surface area (Å²) in [5.41, 5.74) is 0.731. The SMILES string of the molecule is C=CCN=C1S/C(=C\c2ccc([N+](=O)[O-])cc2)C(=O)N1CC=C. The summed E-state index contributed by atoms with van der Waals surface area (Å²) in [4.78, 5) is 29.0. The van der Waals surface area contributed by atoms with E-state index in [4.69, 9.17) is 0 Å². The van der Waals surface area contributed by atoms with Gasteiger partial charge < -0.3 is 0 Å². The molecular weight excluding hydrogens is 314 g/mol. The molecule has 2 rings (SSSR count). The van der Waals surface area contributed by atoms with Crippen LogP contribution >= 0.6 is 11.8 Å². The van der Waals surface area contributed by atoms with Crippen LogP contribution in [0.1, 0.15) is 5.56 Å². The van der Waals surface area contributed by atoms with Crippen molar-refractivity contribution in [3.63, 3.8) is 0 Å². The van der Waals surface area contributed by atoms with E-state index < -0.39 is 4.92 Å². The van der Waals surface area contributed by atoms with Crippen molar-refractivity contribution in [3.8, 4) is 0 Å². The normalized spacial score (nSPS) is 17.7. The minimum absolute atomic E-state index is 0.0130. The lowest BCUT2D eigenvalue weighted by Crippen LogP contribution is -2.29. The largest absolute Gasteiger partial charge is 0.283 e. The van der Waals surface area contributed by atoms with Gasteiger partial charge in [0.15, 0.2) is 5.17 Å². The van der Waals surface area contributed by atoms with E-state index in [-0.39, 0.29) is 11.6 Å². The van der Waals surface area contributed by atoms with Gasteiger partial charge in [-0.3, -0.25) is 24.8 Å². The highest BCUT2D eigenvalue weighted by Crippen LogP contribution is 2.32. The van der Waals surface area contributed by atoms with Gasteiger partial charge in [0.25, 0.3) is 11.6 Å². The van der Waals surface area contributed by atoms with Crippen LogP contribution in [-0.2, 0) is 4.79 Å². The molecule has 0 atom stereocenters. The second-order valence-electron chi connectivity index (χ2n) is 4.58. The van der Waals surface area contributed by atoms with E-state index in [0.717, 1.165) is 5.56 Å². The van der Waals surface area contributed by atoms with E-state index in [0.29, 0.717) is 23.2 Å². The van der Waals surface area contributed by atoms with Crippen molar-refractivity contribution < 1.29 is 9.72 Å². The maximum atomic E-state index is 12.4. The van der Waals surface area contributed by atoms with Crippen LogP contribution in [0, 0.1) is 10.1 Å². The van der Waals surface area contributed by atoms with Crippen LogP contribution in [0.3, 0.4) is 0 Å². The Morgan fingerprint density at radius 2 is 1.96 bits per heavy atom. The molecule has 1 aromatic carbocycles. The molecule has 0 saturated carbocycles. The minimum atomic E-state index is -0.460. The second kappa shape index (κ2) is 7.55. The number of nitro groups is 1. The molecule has 1 aromatic rings. The van der Waals surface area contributed by atoms with Gasteiger partial charge in [-0.15, -0.1) is 13.2 Å². The molecule has 0 radical (unpaired) electrons. The van der Waals surface area contributed by atoms with Crippen molar-refractivity contribution in [2.75, 3.05) is 13.1 Å². The summed E-state index contributed by atoms with van der Waals surface area (Å²) in [5.74, 6) is -0.156. The van der Waals surface area contributed by atoms with E-state index in [1.54, 1.807) is 35.3 Å². The topological polar surface area (TPSA) is 75.8 Å². The first-order valence-electron chi connectivity index (χ1n) is 6.79. The molecule has 1 heterocycles. The number of benzene rings is 1. The fourth-order valence-corrected chi connectivity index (χ4v) is 2.90. The van der Waals surface area contributed by atoms with Crippen molar-refractivity contribution in [1.29, 1.82) is 0 Å². The van der Waals surface area contributed by atoms with E-state index in [1.807, 2.05) is 0 Å². The number of non-ortho nitro benzene ring substituents is 1. The van der Waals surface area contributed by atoms with Crippen molar-refractivity contribution in [3.05, 3.63) is 70.2 Å². The van der Waals surface area contributed by atoms with Gasteiger partial charge in [0.2, 0.25) is 0 Å². The first-order chi connectivity index (χ1) is 11.1. The number of amidine groups is 1. The first-order valence-corrected chi connectivity index (χ1v) is 7.60. The maximum Gasteiger partial charge on any atom is 0.269 e. The third-order valence-electron chi connectivity index (χ3n) is 2.96. The third-order valence-corrected chi connectivity index (χ3v) is 4.00. The van der Waals surface area contributed by atoms with Crippen molar-refractivity contribution in [1.82, 2.24) is 4.90 Å². The molecule has 0 aromatic heterocycles. The molecule has 0 aliphatic carbocycles. The molecule has 1 aliphatic heterocycles. The molecule has 118 valence electrons. The standard InChI is InChI=1S/C16H15N3O3S/c1-3-9-17-16-18(10-4-2)15(20)14(23-16)11-12-5-7-13(8-6-12)19(21)22/h3-8,11H,1-2,9-10H2/b14-11-,17-16?. The van der Waals surface area contributed by atoms with Crippen LogP contribution in [0.15, 0.2) is 59.5 Å². The lowest BCUT2D eigenvalue weighted by molar-refractivity contribution is -0.384. The quantitative estimate of drug-likeness (QED) is 0.347. The van der Waals surface area contributed by atoms with Crippen molar-refractivity contribution in [2.24, 2.45) is 4.99 Å². The fourth-order valence-electron chi connectivity index (χ4n) is 1.90. The summed E-state index contributed by atoms with van der Waals surface area (Å²) < 4.78 is 0. The zero-order valence-electron chi connectivity index (χ0n) is 12.3. The van der Waals surface area contributed by atoms with E-state index in [9.17, 15) is 14.9 Å². The Balaban J connectivity index is 2.28. The Bertz CT molecular complexity index is 708. The number of hydrogen-bond acceptors (Lipinski definition) is 5. The Kier molecular flexibility index (Phi) is 5.48. The van der Waals surface area contributed by atoms with E-state index in [1.165, 1.54) is 23.9 Å². The average molecular weight is 329 g/mol. The van der Waals surface area contributed by atoms with Crippen LogP contribution < -0.4 is 0 Å². The lowest BCUT2D eigenvalue weighted by atomic mass is 10.2. The molecule has 1 aliphatic rings. The number of carbonyl (C=O) groups excluding carboxylic acids is 1. The maximum absolute atomic E-state index is 12.4. The number of amides is 1. The molecule has 0 bridgehead atoms. The first kappa shape index (κ1) is 16.7. The van der Waals surface area contributed by atoms with Crippen molar-refractivity contribution >= 4 is 34.6 Å². The number of aliphatic imine (C=N–C) groups is 1. The summed E-state index contributed by atoms with van der Waals surface area (Å²) >= 11 is 1.27. The number of thioether (sulfide) groups is 1. The highest BCUT2D eigenvalue weighted by atomic mass is 32.2. The molecule has 0 unspecified atom stereocenters. The van der Waals surface area contributed by atoms with Crippen LogP contribution in [0.4, 0.5) is 5.69 Å². The van der Waals surface area contributed by atoms with Crippen LogP contribution in [0.2, 0.25) is 0 Å². The van der Waals surface area contributed by atoms with Crippen LogP contribution in [-0.4, -0.2) is 34.0 Å². The zero-order valence-corrected chi connectivity index (χ0v) is 13.2. The highest BCUT2D eigenvalue weighted by molar-refractivity contribution is 8.18. The van der Waals surface area contributed by atoms with Gasteiger partial charge in [0.1, 0.15) is 0 Å². The number of nitrogens with zero attached hydrogens (tertiary/aromatic N) is 3. The van der Waals surface area contributed by atoms with Gasteiger partial charge in [-0.25, -0.2) is 0 Å². The van der Waals surface area contributed by atoms with Gasteiger partial charge >= 0.3 is 0 Å². The average Bonchev–Trinajstić information content (AvgIpc) is 2.82. The van der Waals surface area contributed by atoms with Gasteiger partial charge in [0, 0.05) is 18.7 Å². The van der Waals surface area contributed by atoms with Crippen molar-refractivity contribution in [2.45, 2.75) is 0 Å². The van der Waals surface area contributed by atoms with E-state index in [2.05, 4.69) is 18.2 Å². The van der Waals surface area contributed by atoms with Gasteiger partial charge in [-0.05, 0) is 35.5 Å². The number of nitro benzene ring substituents is 1. The van der Waals surface area contributed by atoms with E-state index >= 15 is 0 Å². The Morgan fingerprint density at radius 1 is 1.26 bits per heavy atom. The molecule has 7 heteroatoms. The molecule has 1 saturated heterocycles. The summed E-state index contributed by atoms with van der Waals surface area (Å²) in [6, 6.07) is 6.03.